The highest BCUT2D eigenvalue weighted by atomic mass is 16.5. The molecule has 0 atom stereocenters. The fourth-order valence-corrected chi connectivity index (χ4v) is 1.11. The highest BCUT2D eigenvalue weighted by molar-refractivity contribution is 5.92. The van der Waals surface area contributed by atoms with Crippen molar-refractivity contribution in [1.29, 1.82) is 0 Å². The molecule has 4 heteroatoms. The van der Waals surface area contributed by atoms with Crippen LogP contribution in [-0.2, 0) is 4.79 Å². The Bertz CT molecular complexity index is 410. The summed E-state index contributed by atoms with van der Waals surface area (Å²) in [6, 6.07) is 4.98. The van der Waals surface area contributed by atoms with Gasteiger partial charge in [-0.2, -0.15) is 0 Å². The second kappa shape index (κ2) is 4.95. The van der Waals surface area contributed by atoms with Crippen LogP contribution in [0, 0.1) is 0 Å². The summed E-state index contributed by atoms with van der Waals surface area (Å²) < 4.78 is 4.96. The van der Waals surface area contributed by atoms with Gasteiger partial charge in [0.15, 0.2) is 6.29 Å². The first-order chi connectivity index (χ1) is 7.17. The minimum Gasteiger partial charge on any atom is -0.497 e. The van der Waals surface area contributed by atoms with E-state index in [0.717, 1.165) is 0 Å². The maximum atomic E-state index is 10.7. The van der Waals surface area contributed by atoms with Gasteiger partial charge in [0.2, 0.25) is 5.91 Å². The Labute approximate surface area is 87.3 Å². The molecular weight excluding hydrogens is 194 g/mol. The number of aldehydes is 1. The molecule has 1 rings (SSSR count). The molecule has 78 valence electrons. The first kappa shape index (κ1) is 11.0. The molecule has 0 aliphatic heterocycles. The number of hydrogen-bond acceptors (Lipinski definition) is 3. The van der Waals surface area contributed by atoms with Gasteiger partial charge in [0.25, 0.3) is 0 Å². The Morgan fingerprint density at radius 1 is 1.40 bits per heavy atom. The van der Waals surface area contributed by atoms with Crippen LogP contribution in [0.4, 0.5) is 0 Å². The second-order valence-electron chi connectivity index (χ2n) is 2.85. The van der Waals surface area contributed by atoms with E-state index in [1.165, 1.54) is 19.3 Å². The van der Waals surface area contributed by atoms with E-state index in [9.17, 15) is 9.59 Å². The number of primary amides is 1. The number of carbonyl (C=O) groups is 2. The minimum absolute atomic E-state index is 0.451. The van der Waals surface area contributed by atoms with Gasteiger partial charge < -0.3 is 10.5 Å². The van der Waals surface area contributed by atoms with Crippen molar-refractivity contribution in [1.82, 2.24) is 0 Å². The zero-order valence-corrected chi connectivity index (χ0v) is 8.27. The summed E-state index contributed by atoms with van der Waals surface area (Å²) in [6.45, 7) is 0. The molecule has 0 radical (unpaired) electrons. The molecule has 1 aromatic carbocycles. The van der Waals surface area contributed by atoms with Crippen molar-refractivity contribution in [3.8, 4) is 5.75 Å². The van der Waals surface area contributed by atoms with E-state index in [2.05, 4.69) is 0 Å². The van der Waals surface area contributed by atoms with E-state index in [1.54, 1.807) is 18.2 Å². The molecule has 4 nitrogen and oxygen atoms in total. The van der Waals surface area contributed by atoms with Crippen LogP contribution in [-0.4, -0.2) is 19.3 Å². The smallest absolute Gasteiger partial charge is 0.241 e. The van der Waals surface area contributed by atoms with Crippen LogP contribution in [0.3, 0.4) is 0 Å². The van der Waals surface area contributed by atoms with Crippen LogP contribution < -0.4 is 10.5 Å². The minimum atomic E-state index is -0.553. The van der Waals surface area contributed by atoms with E-state index in [0.29, 0.717) is 23.2 Å². The molecule has 0 aliphatic rings. The van der Waals surface area contributed by atoms with E-state index in [4.69, 9.17) is 10.5 Å². The summed E-state index contributed by atoms with van der Waals surface area (Å²) in [5.74, 6) is 0.0380. The first-order valence-electron chi connectivity index (χ1n) is 4.28. The standard InChI is InChI=1S/C11H11NO3/c1-15-10-4-2-8(3-5-11(12)14)9(6-10)7-13/h2-7H,1H3,(H2,12,14). The van der Waals surface area contributed by atoms with Gasteiger partial charge in [0.05, 0.1) is 7.11 Å². The molecular formula is C11H11NO3. The molecule has 0 saturated carbocycles. The lowest BCUT2D eigenvalue weighted by Gasteiger charge is -2.02. The van der Waals surface area contributed by atoms with E-state index < -0.39 is 5.91 Å². The van der Waals surface area contributed by atoms with Crippen LogP contribution in [0.25, 0.3) is 6.08 Å². The zero-order valence-electron chi connectivity index (χ0n) is 8.27. The average molecular weight is 205 g/mol. The number of rotatable bonds is 4. The highest BCUT2D eigenvalue weighted by Crippen LogP contribution is 2.17. The lowest BCUT2D eigenvalue weighted by atomic mass is 10.1. The van der Waals surface area contributed by atoms with Crippen molar-refractivity contribution in [3.63, 3.8) is 0 Å². The summed E-state index contributed by atoms with van der Waals surface area (Å²) in [5, 5.41) is 0. The molecule has 0 aromatic heterocycles. The second-order valence-corrected chi connectivity index (χ2v) is 2.85. The number of hydrogen-bond donors (Lipinski definition) is 1. The Hall–Kier alpha value is -2.10. The van der Waals surface area contributed by atoms with E-state index >= 15 is 0 Å². The van der Waals surface area contributed by atoms with E-state index in [-0.39, 0.29) is 0 Å². The molecule has 0 spiro atoms. The third-order valence-electron chi connectivity index (χ3n) is 1.85. The van der Waals surface area contributed by atoms with Crippen molar-refractivity contribution < 1.29 is 14.3 Å². The molecule has 0 fully saturated rings. The van der Waals surface area contributed by atoms with Gasteiger partial charge in [-0.1, -0.05) is 6.07 Å². The zero-order chi connectivity index (χ0) is 11.3. The molecule has 2 N–H and O–H groups in total. The first-order valence-corrected chi connectivity index (χ1v) is 4.28. The average Bonchev–Trinajstić information content (AvgIpc) is 2.25. The topological polar surface area (TPSA) is 69.4 Å². The van der Waals surface area contributed by atoms with E-state index in [1.807, 2.05) is 0 Å². The molecule has 15 heavy (non-hydrogen) atoms. The number of nitrogens with two attached hydrogens (primary N) is 1. The van der Waals surface area contributed by atoms with Crippen LogP contribution in [0.1, 0.15) is 15.9 Å². The molecule has 0 unspecified atom stereocenters. The maximum Gasteiger partial charge on any atom is 0.241 e. The fourth-order valence-electron chi connectivity index (χ4n) is 1.11. The predicted octanol–water partition coefficient (Wildman–Crippen LogP) is 1.01. The summed E-state index contributed by atoms with van der Waals surface area (Å²) in [7, 11) is 1.52. The molecule has 0 bridgehead atoms. The Balaban J connectivity index is 3.07. The number of benzene rings is 1. The summed E-state index contributed by atoms with van der Waals surface area (Å²) >= 11 is 0. The van der Waals surface area contributed by atoms with Crippen LogP contribution >= 0.6 is 0 Å². The van der Waals surface area contributed by atoms with Gasteiger partial charge in [-0.05, 0) is 23.8 Å². The van der Waals surface area contributed by atoms with Gasteiger partial charge in [-0.15, -0.1) is 0 Å². The third kappa shape index (κ3) is 2.95. The summed E-state index contributed by atoms with van der Waals surface area (Å²) in [6.07, 6.45) is 3.39. The van der Waals surface area contributed by atoms with Crippen molar-refractivity contribution in [2.45, 2.75) is 0 Å². The number of amides is 1. The quantitative estimate of drug-likeness (QED) is 0.589. The van der Waals surface area contributed by atoms with Crippen molar-refractivity contribution in [3.05, 3.63) is 35.4 Å². The summed E-state index contributed by atoms with van der Waals surface area (Å²) in [5.41, 5.74) is 6.03. The van der Waals surface area contributed by atoms with Gasteiger partial charge in [0.1, 0.15) is 5.75 Å². The Morgan fingerprint density at radius 3 is 2.67 bits per heavy atom. The Kier molecular flexibility index (Phi) is 3.62. The van der Waals surface area contributed by atoms with Crippen LogP contribution in [0.15, 0.2) is 24.3 Å². The van der Waals surface area contributed by atoms with Gasteiger partial charge in [-0.3, -0.25) is 9.59 Å². The van der Waals surface area contributed by atoms with Crippen molar-refractivity contribution >= 4 is 18.3 Å². The third-order valence-corrected chi connectivity index (χ3v) is 1.85. The van der Waals surface area contributed by atoms with Crippen molar-refractivity contribution in [2.24, 2.45) is 5.73 Å². The lowest BCUT2D eigenvalue weighted by molar-refractivity contribution is -0.113. The molecule has 1 aromatic rings. The fraction of sp³-hybridized carbons (Fsp3) is 0.0909. The monoisotopic (exact) mass is 205 g/mol. The molecule has 0 heterocycles. The lowest BCUT2D eigenvalue weighted by Crippen LogP contribution is -2.05. The SMILES string of the molecule is COc1ccc(C=CC(N)=O)c(C=O)c1. The molecule has 1 amide bonds. The Morgan fingerprint density at radius 2 is 2.13 bits per heavy atom. The van der Waals surface area contributed by atoms with Crippen LogP contribution in [0.2, 0.25) is 0 Å². The van der Waals surface area contributed by atoms with Crippen LogP contribution in [0.5, 0.6) is 5.75 Å². The van der Waals surface area contributed by atoms with Crippen molar-refractivity contribution in [2.75, 3.05) is 7.11 Å². The normalized spacial score (nSPS) is 10.2. The maximum absolute atomic E-state index is 10.7. The molecule has 0 aliphatic carbocycles. The van der Waals surface area contributed by atoms with Gasteiger partial charge >= 0.3 is 0 Å². The highest BCUT2D eigenvalue weighted by Gasteiger charge is 2.00. The number of carbonyl (C=O) groups excluding carboxylic acids is 2. The van der Waals surface area contributed by atoms with Gasteiger partial charge in [-0.25, -0.2) is 0 Å². The predicted molar refractivity (Wildman–Crippen MR) is 56.6 cm³/mol. The number of methoxy groups -OCH3 is 1. The number of ether oxygens (including phenoxy) is 1. The van der Waals surface area contributed by atoms with Gasteiger partial charge in [0, 0.05) is 11.6 Å². The molecule has 0 saturated heterocycles. The largest absolute Gasteiger partial charge is 0.497 e. The summed E-state index contributed by atoms with van der Waals surface area (Å²) in [4.78, 5) is 21.3.